The maximum absolute atomic E-state index is 6.13. The van der Waals surface area contributed by atoms with Gasteiger partial charge in [0, 0.05) is 40.6 Å². The smallest absolute Gasteiger partial charge is 0.147 e. The summed E-state index contributed by atoms with van der Waals surface area (Å²) < 4.78 is 6.51. The molecular weight excluding hydrogens is 351 g/mol. The zero-order chi connectivity index (χ0) is 14.0. The maximum atomic E-state index is 6.13. The summed E-state index contributed by atoms with van der Waals surface area (Å²) in [7, 11) is 0. The Kier molecular flexibility index (Phi) is 4.68. The molecule has 0 bridgehead atoms. The number of aromatic nitrogens is 1. The lowest BCUT2D eigenvalue weighted by Crippen LogP contribution is -2.01. The van der Waals surface area contributed by atoms with Gasteiger partial charge in [0.25, 0.3) is 0 Å². The summed E-state index contributed by atoms with van der Waals surface area (Å²) in [4.78, 5) is 4.18. The van der Waals surface area contributed by atoms with Gasteiger partial charge < -0.3 is 10.5 Å². The Morgan fingerprint density at radius 1 is 1.21 bits per heavy atom. The molecule has 0 amide bonds. The molecule has 3 nitrogen and oxygen atoms in total. The number of ether oxygens (including phenoxy) is 1. The van der Waals surface area contributed by atoms with Crippen molar-refractivity contribution in [2.75, 3.05) is 0 Å². The van der Waals surface area contributed by atoms with Crippen LogP contribution in [0, 0.1) is 6.92 Å². The summed E-state index contributed by atoms with van der Waals surface area (Å²) in [6.07, 6.45) is 1.69. The molecule has 2 N–H and O–H groups in total. The second kappa shape index (κ2) is 6.09. The fraction of sp³-hybridized carbons (Fsp3) is 0.154. The van der Waals surface area contributed by atoms with Crippen molar-refractivity contribution < 1.29 is 4.74 Å². The predicted octanol–water partition coefficient (Wildman–Crippen LogP) is 4.71. The monoisotopic (exact) mass is 360 g/mol. The highest BCUT2D eigenvalue weighted by atomic mass is 79.9. The predicted molar refractivity (Wildman–Crippen MR) is 81.1 cm³/mol. The fourth-order valence-corrected chi connectivity index (χ4v) is 2.34. The van der Waals surface area contributed by atoms with E-state index in [1.807, 2.05) is 13.0 Å². The van der Waals surface area contributed by atoms with Crippen LogP contribution in [-0.2, 0) is 6.54 Å². The van der Waals surface area contributed by atoms with Crippen LogP contribution < -0.4 is 10.5 Å². The van der Waals surface area contributed by atoms with Gasteiger partial charge in [0.05, 0.1) is 10.0 Å². The molecule has 0 unspecified atom stereocenters. The van der Waals surface area contributed by atoms with Crippen LogP contribution in [0.25, 0.3) is 0 Å². The molecule has 1 aromatic heterocycles. The van der Waals surface area contributed by atoms with Gasteiger partial charge in [-0.2, -0.15) is 0 Å². The third-order valence-corrected chi connectivity index (χ3v) is 3.99. The molecule has 19 heavy (non-hydrogen) atoms. The highest BCUT2D eigenvalue weighted by molar-refractivity contribution is 9.10. The fourth-order valence-electron chi connectivity index (χ4n) is 1.51. The molecule has 2 rings (SSSR count). The van der Waals surface area contributed by atoms with Crippen molar-refractivity contribution >= 4 is 39.1 Å². The number of halogens is 3. The molecule has 0 atom stereocenters. The Labute approximate surface area is 129 Å². The Balaban J connectivity index is 2.41. The summed E-state index contributed by atoms with van der Waals surface area (Å²) >= 11 is 15.5. The minimum atomic E-state index is 0.338. The van der Waals surface area contributed by atoms with Crippen molar-refractivity contribution in [2.24, 2.45) is 5.73 Å². The summed E-state index contributed by atoms with van der Waals surface area (Å²) in [6, 6.07) is 5.16. The largest absolute Gasteiger partial charge is 0.455 e. The Bertz CT molecular complexity index is 620. The molecule has 0 radical (unpaired) electrons. The van der Waals surface area contributed by atoms with Gasteiger partial charge in [-0.05, 0) is 28.9 Å². The second-order valence-electron chi connectivity index (χ2n) is 3.94. The number of nitrogens with two attached hydrogens (primary N) is 1. The normalized spacial score (nSPS) is 10.6. The van der Waals surface area contributed by atoms with Crippen LogP contribution in [-0.4, -0.2) is 4.98 Å². The van der Waals surface area contributed by atoms with Crippen LogP contribution >= 0.6 is 39.1 Å². The van der Waals surface area contributed by atoms with Gasteiger partial charge >= 0.3 is 0 Å². The minimum Gasteiger partial charge on any atom is -0.455 e. The first kappa shape index (κ1) is 14.6. The lowest BCUT2D eigenvalue weighted by molar-refractivity contribution is 0.475. The van der Waals surface area contributed by atoms with Gasteiger partial charge in [0.15, 0.2) is 0 Å². The quantitative estimate of drug-likeness (QED) is 0.805. The second-order valence-corrected chi connectivity index (χ2v) is 5.61. The highest BCUT2D eigenvalue weighted by Crippen LogP contribution is 2.37. The van der Waals surface area contributed by atoms with Crippen molar-refractivity contribution in [1.29, 1.82) is 0 Å². The number of aryl methyl sites for hydroxylation is 1. The van der Waals surface area contributed by atoms with Crippen LogP contribution in [0.5, 0.6) is 11.5 Å². The van der Waals surface area contributed by atoms with Gasteiger partial charge in [-0.15, -0.1) is 0 Å². The zero-order valence-corrected chi connectivity index (χ0v) is 13.2. The lowest BCUT2D eigenvalue weighted by Gasteiger charge is -2.12. The third kappa shape index (κ3) is 3.39. The number of benzene rings is 1. The van der Waals surface area contributed by atoms with Crippen LogP contribution in [0.1, 0.15) is 11.3 Å². The van der Waals surface area contributed by atoms with E-state index < -0.39 is 0 Å². The highest BCUT2D eigenvalue weighted by Gasteiger charge is 2.10. The molecule has 6 heteroatoms. The molecule has 2 aromatic rings. The number of hydrogen-bond acceptors (Lipinski definition) is 3. The van der Waals surface area contributed by atoms with Gasteiger partial charge in [-0.3, -0.25) is 4.98 Å². The van der Waals surface area contributed by atoms with E-state index in [1.165, 1.54) is 0 Å². The molecule has 0 fully saturated rings. The van der Waals surface area contributed by atoms with Gasteiger partial charge in [0.1, 0.15) is 11.5 Å². The summed E-state index contributed by atoms with van der Waals surface area (Å²) in [5, 5.41) is 0.994. The summed E-state index contributed by atoms with van der Waals surface area (Å²) in [6.45, 7) is 2.22. The minimum absolute atomic E-state index is 0.338. The van der Waals surface area contributed by atoms with Crippen LogP contribution in [0.4, 0.5) is 0 Å². The van der Waals surface area contributed by atoms with Crippen molar-refractivity contribution in [1.82, 2.24) is 4.98 Å². The SMILES string of the molecule is Cc1cc(Oc2cc(Cl)c(Br)cc2Cl)c(CN)cn1. The van der Waals surface area contributed by atoms with E-state index in [4.69, 9.17) is 33.7 Å². The number of hydrogen-bond donors (Lipinski definition) is 1. The zero-order valence-electron chi connectivity index (χ0n) is 10.1. The molecule has 0 spiro atoms. The van der Waals surface area contributed by atoms with E-state index >= 15 is 0 Å². The molecule has 0 aliphatic rings. The summed E-state index contributed by atoms with van der Waals surface area (Å²) in [5.74, 6) is 1.12. The van der Waals surface area contributed by atoms with Crippen molar-refractivity contribution in [3.05, 3.63) is 50.2 Å². The number of pyridine rings is 1. The first-order valence-electron chi connectivity index (χ1n) is 5.49. The van der Waals surface area contributed by atoms with Gasteiger partial charge in [0.2, 0.25) is 0 Å². The van der Waals surface area contributed by atoms with E-state index in [9.17, 15) is 0 Å². The number of nitrogens with zero attached hydrogens (tertiary/aromatic N) is 1. The molecule has 0 aliphatic heterocycles. The van der Waals surface area contributed by atoms with E-state index in [0.29, 0.717) is 28.1 Å². The Morgan fingerprint density at radius 2 is 1.95 bits per heavy atom. The average Bonchev–Trinajstić information content (AvgIpc) is 2.36. The van der Waals surface area contributed by atoms with E-state index in [0.717, 1.165) is 15.7 Å². The molecular formula is C13H11BrCl2N2O. The topological polar surface area (TPSA) is 48.1 Å². The van der Waals surface area contributed by atoms with E-state index in [1.54, 1.807) is 18.3 Å². The van der Waals surface area contributed by atoms with E-state index in [2.05, 4.69) is 20.9 Å². The molecule has 1 aromatic carbocycles. The van der Waals surface area contributed by atoms with Crippen molar-refractivity contribution in [3.8, 4) is 11.5 Å². The van der Waals surface area contributed by atoms with Crippen LogP contribution in [0.2, 0.25) is 10.0 Å². The standard InChI is InChI=1S/C13H11BrCl2N2O/c1-7-2-12(8(5-17)6-18-7)19-13-4-10(15)9(14)3-11(13)16/h2-4,6H,5,17H2,1H3. The Morgan fingerprint density at radius 3 is 2.63 bits per heavy atom. The van der Waals surface area contributed by atoms with Crippen LogP contribution in [0.3, 0.4) is 0 Å². The molecule has 1 heterocycles. The van der Waals surface area contributed by atoms with Gasteiger partial charge in [-0.25, -0.2) is 0 Å². The third-order valence-electron chi connectivity index (χ3n) is 2.50. The molecule has 100 valence electrons. The lowest BCUT2D eigenvalue weighted by atomic mass is 10.2. The molecule has 0 saturated heterocycles. The van der Waals surface area contributed by atoms with E-state index in [-0.39, 0.29) is 0 Å². The average molecular weight is 362 g/mol. The van der Waals surface area contributed by atoms with Crippen LogP contribution in [0.15, 0.2) is 28.9 Å². The van der Waals surface area contributed by atoms with Crippen molar-refractivity contribution in [2.45, 2.75) is 13.5 Å². The van der Waals surface area contributed by atoms with Crippen molar-refractivity contribution in [3.63, 3.8) is 0 Å². The summed E-state index contributed by atoms with van der Waals surface area (Å²) in [5.41, 5.74) is 7.31. The molecule has 0 saturated carbocycles. The molecule has 0 aliphatic carbocycles. The first-order chi connectivity index (χ1) is 9.01. The first-order valence-corrected chi connectivity index (χ1v) is 7.04. The van der Waals surface area contributed by atoms with Gasteiger partial charge in [-0.1, -0.05) is 23.2 Å². The maximum Gasteiger partial charge on any atom is 0.147 e. The Hall–Kier alpha value is -0.810. The number of rotatable bonds is 3.